The molecule has 0 heterocycles. The summed E-state index contributed by atoms with van der Waals surface area (Å²) in [5.74, 6) is -0.796. The Morgan fingerprint density at radius 3 is 2.39 bits per heavy atom. The van der Waals surface area contributed by atoms with E-state index in [1.807, 2.05) is 6.07 Å². The van der Waals surface area contributed by atoms with E-state index < -0.39 is 5.97 Å². The van der Waals surface area contributed by atoms with E-state index in [1.54, 1.807) is 6.07 Å². The summed E-state index contributed by atoms with van der Waals surface area (Å²) in [6.45, 7) is 6.36. The lowest BCUT2D eigenvalue weighted by atomic mass is 9.91. The van der Waals surface area contributed by atoms with E-state index >= 15 is 0 Å². The van der Waals surface area contributed by atoms with Crippen molar-refractivity contribution in [1.82, 2.24) is 0 Å². The smallest absolute Gasteiger partial charge is 0.335 e. The molecule has 0 aromatic heterocycles. The van der Waals surface area contributed by atoms with E-state index in [9.17, 15) is 9.90 Å². The molecule has 1 aromatic carbocycles. The summed E-state index contributed by atoms with van der Waals surface area (Å²) < 4.78 is 0. The van der Waals surface area contributed by atoms with E-state index in [0.29, 0.717) is 5.56 Å². The minimum atomic E-state index is -0.796. The number of unbranched alkanes of at least 4 members (excludes halogenated alkanes) is 3. The van der Waals surface area contributed by atoms with Gasteiger partial charge in [-0.2, -0.15) is 0 Å². The van der Waals surface area contributed by atoms with Crippen LogP contribution in [0, 0.1) is 6.92 Å². The van der Waals surface area contributed by atoms with E-state index in [4.69, 9.17) is 0 Å². The van der Waals surface area contributed by atoms with Crippen molar-refractivity contribution in [2.75, 3.05) is 0 Å². The van der Waals surface area contributed by atoms with Crippen molar-refractivity contribution in [3.05, 3.63) is 34.4 Å². The summed E-state index contributed by atoms with van der Waals surface area (Å²) in [6, 6.07) is 3.68. The highest BCUT2D eigenvalue weighted by molar-refractivity contribution is 5.90. The predicted molar refractivity (Wildman–Crippen MR) is 75.4 cm³/mol. The summed E-state index contributed by atoms with van der Waals surface area (Å²) in [6.07, 6.45) is 6.52. The van der Waals surface area contributed by atoms with Crippen LogP contribution >= 0.6 is 0 Å². The highest BCUT2D eigenvalue weighted by Crippen LogP contribution is 2.22. The van der Waals surface area contributed by atoms with Gasteiger partial charge in [0.15, 0.2) is 0 Å². The maximum atomic E-state index is 11.3. The van der Waals surface area contributed by atoms with Gasteiger partial charge < -0.3 is 5.11 Å². The molecule has 100 valence electrons. The number of hydrogen-bond acceptors (Lipinski definition) is 1. The number of carbonyl (C=O) groups is 1. The Hall–Kier alpha value is -1.31. The Labute approximate surface area is 110 Å². The maximum Gasteiger partial charge on any atom is 0.335 e. The molecule has 0 atom stereocenters. The number of carboxylic acids is 1. The lowest BCUT2D eigenvalue weighted by Gasteiger charge is -2.14. The third kappa shape index (κ3) is 3.59. The molecule has 0 aliphatic rings. The molecule has 18 heavy (non-hydrogen) atoms. The first-order valence-corrected chi connectivity index (χ1v) is 6.96. The van der Waals surface area contributed by atoms with E-state index in [-0.39, 0.29) is 0 Å². The van der Waals surface area contributed by atoms with Crippen molar-refractivity contribution in [2.45, 2.75) is 59.3 Å². The highest BCUT2D eigenvalue weighted by atomic mass is 16.4. The van der Waals surface area contributed by atoms with E-state index in [2.05, 4.69) is 20.8 Å². The largest absolute Gasteiger partial charge is 0.478 e. The monoisotopic (exact) mass is 248 g/mol. The van der Waals surface area contributed by atoms with Crippen LogP contribution in [0.1, 0.15) is 66.6 Å². The van der Waals surface area contributed by atoms with Crippen molar-refractivity contribution in [1.29, 1.82) is 0 Å². The SMILES string of the molecule is CCCCCCc1c(C(=O)O)ccc(C)c1CC. The predicted octanol–water partition coefficient (Wildman–Crippen LogP) is 4.38. The van der Waals surface area contributed by atoms with Crippen LogP contribution in [0.2, 0.25) is 0 Å². The molecule has 0 bridgehead atoms. The summed E-state index contributed by atoms with van der Waals surface area (Å²) in [5, 5.41) is 9.28. The van der Waals surface area contributed by atoms with Crippen LogP contribution in [0.5, 0.6) is 0 Å². The lowest BCUT2D eigenvalue weighted by molar-refractivity contribution is 0.0695. The van der Waals surface area contributed by atoms with Crippen molar-refractivity contribution in [3.8, 4) is 0 Å². The molecular formula is C16H24O2. The fourth-order valence-electron chi connectivity index (χ4n) is 2.52. The molecule has 0 aliphatic carbocycles. The summed E-state index contributed by atoms with van der Waals surface area (Å²) in [4.78, 5) is 11.3. The third-order valence-electron chi connectivity index (χ3n) is 3.53. The number of rotatable bonds is 7. The van der Waals surface area contributed by atoms with Crippen LogP contribution in [0.3, 0.4) is 0 Å². The fraction of sp³-hybridized carbons (Fsp3) is 0.562. The maximum absolute atomic E-state index is 11.3. The Morgan fingerprint density at radius 2 is 1.83 bits per heavy atom. The van der Waals surface area contributed by atoms with Gasteiger partial charge in [0.05, 0.1) is 5.56 Å². The Balaban J connectivity index is 2.96. The zero-order chi connectivity index (χ0) is 13.5. The van der Waals surface area contributed by atoms with Crippen molar-refractivity contribution in [2.24, 2.45) is 0 Å². The van der Waals surface area contributed by atoms with Gasteiger partial charge in [0, 0.05) is 0 Å². The zero-order valence-corrected chi connectivity index (χ0v) is 11.8. The molecule has 0 amide bonds. The van der Waals surface area contributed by atoms with Gasteiger partial charge in [-0.25, -0.2) is 4.79 Å². The van der Waals surface area contributed by atoms with Gasteiger partial charge in [-0.3, -0.25) is 0 Å². The normalized spacial score (nSPS) is 10.6. The molecule has 2 nitrogen and oxygen atoms in total. The van der Waals surface area contributed by atoms with E-state index in [0.717, 1.165) is 24.8 Å². The van der Waals surface area contributed by atoms with Crippen molar-refractivity contribution >= 4 is 5.97 Å². The van der Waals surface area contributed by atoms with Gasteiger partial charge in [0.1, 0.15) is 0 Å². The molecule has 1 N–H and O–H groups in total. The van der Waals surface area contributed by atoms with Crippen molar-refractivity contribution < 1.29 is 9.90 Å². The van der Waals surface area contributed by atoms with Gasteiger partial charge in [-0.05, 0) is 48.9 Å². The standard InChI is InChI=1S/C16H24O2/c1-4-6-7-8-9-14-13(5-2)12(3)10-11-15(14)16(17)18/h10-11H,4-9H2,1-3H3,(H,17,18). The molecule has 2 heteroatoms. The zero-order valence-electron chi connectivity index (χ0n) is 11.8. The number of benzene rings is 1. The summed E-state index contributed by atoms with van der Waals surface area (Å²) in [5.41, 5.74) is 3.99. The second-order valence-corrected chi connectivity index (χ2v) is 4.86. The Morgan fingerprint density at radius 1 is 1.11 bits per heavy atom. The van der Waals surface area contributed by atoms with Gasteiger partial charge in [-0.15, -0.1) is 0 Å². The van der Waals surface area contributed by atoms with Crippen molar-refractivity contribution in [3.63, 3.8) is 0 Å². The van der Waals surface area contributed by atoms with Gasteiger partial charge >= 0.3 is 5.97 Å². The molecule has 0 unspecified atom stereocenters. The molecule has 0 saturated carbocycles. The van der Waals surface area contributed by atoms with Crippen LogP contribution in [0.15, 0.2) is 12.1 Å². The average Bonchev–Trinajstić information content (AvgIpc) is 2.34. The molecule has 0 radical (unpaired) electrons. The number of aryl methyl sites for hydroxylation is 1. The second-order valence-electron chi connectivity index (χ2n) is 4.86. The Bertz CT molecular complexity index is 408. The lowest BCUT2D eigenvalue weighted by Crippen LogP contribution is -2.07. The summed E-state index contributed by atoms with van der Waals surface area (Å²) in [7, 11) is 0. The first-order chi connectivity index (χ1) is 8.61. The van der Waals surface area contributed by atoms with Crippen LogP contribution in [0.25, 0.3) is 0 Å². The topological polar surface area (TPSA) is 37.3 Å². The number of carboxylic acid groups (broad SMARTS) is 1. The van der Waals surface area contributed by atoms with Crippen LogP contribution in [-0.4, -0.2) is 11.1 Å². The third-order valence-corrected chi connectivity index (χ3v) is 3.53. The quantitative estimate of drug-likeness (QED) is 0.727. The molecule has 1 rings (SSSR count). The van der Waals surface area contributed by atoms with Crippen LogP contribution < -0.4 is 0 Å². The van der Waals surface area contributed by atoms with Crippen LogP contribution in [-0.2, 0) is 12.8 Å². The first-order valence-electron chi connectivity index (χ1n) is 6.96. The molecular weight excluding hydrogens is 224 g/mol. The van der Waals surface area contributed by atoms with Crippen LogP contribution in [0.4, 0.5) is 0 Å². The first kappa shape index (κ1) is 14.7. The van der Waals surface area contributed by atoms with Gasteiger partial charge in [0.2, 0.25) is 0 Å². The Kier molecular flexibility index (Phi) is 5.90. The molecule has 0 saturated heterocycles. The highest BCUT2D eigenvalue weighted by Gasteiger charge is 2.14. The second kappa shape index (κ2) is 7.20. The fourth-order valence-corrected chi connectivity index (χ4v) is 2.52. The average molecular weight is 248 g/mol. The molecule has 0 fully saturated rings. The number of hydrogen-bond donors (Lipinski definition) is 1. The van der Waals surface area contributed by atoms with E-state index in [1.165, 1.54) is 30.4 Å². The molecule has 0 aliphatic heterocycles. The minimum absolute atomic E-state index is 0.494. The minimum Gasteiger partial charge on any atom is -0.478 e. The molecule has 0 spiro atoms. The summed E-state index contributed by atoms with van der Waals surface area (Å²) >= 11 is 0. The van der Waals surface area contributed by atoms with Gasteiger partial charge in [0.25, 0.3) is 0 Å². The van der Waals surface area contributed by atoms with Gasteiger partial charge in [-0.1, -0.05) is 39.2 Å². The molecule has 1 aromatic rings. The number of aromatic carboxylic acids is 1.